The summed E-state index contributed by atoms with van der Waals surface area (Å²) in [7, 11) is 0. The van der Waals surface area contributed by atoms with Gasteiger partial charge in [0.1, 0.15) is 5.75 Å². The van der Waals surface area contributed by atoms with Crippen molar-refractivity contribution in [3.05, 3.63) is 72.8 Å². The molecule has 0 atom stereocenters. The SMILES string of the molecule is O=C(CSc1nnnn1-c1ccc(O)cc1)N1c2ccccc2Sc2ccccc21. The number of carbonyl (C=O) groups is 1. The second-order valence-electron chi connectivity index (χ2n) is 6.44. The minimum Gasteiger partial charge on any atom is -0.508 e. The molecule has 1 aliphatic heterocycles. The summed E-state index contributed by atoms with van der Waals surface area (Å²) in [5, 5.41) is 21.8. The number of fused-ring (bicyclic) bond motifs is 2. The molecule has 1 amide bonds. The van der Waals surface area contributed by atoms with Gasteiger partial charge in [-0.05, 0) is 59.0 Å². The largest absolute Gasteiger partial charge is 0.508 e. The van der Waals surface area contributed by atoms with Gasteiger partial charge < -0.3 is 5.11 Å². The smallest absolute Gasteiger partial charge is 0.242 e. The number of anilines is 2. The number of rotatable bonds is 4. The van der Waals surface area contributed by atoms with E-state index in [9.17, 15) is 9.90 Å². The van der Waals surface area contributed by atoms with Crippen LogP contribution in [-0.4, -0.2) is 37.0 Å². The number of hydrogen-bond acceptors (Lipinski definition) is 7. The van der Waals surface area contributed by atoms with Gasteiger partial charge >= 0.3 is 0 Å². The third-order valence-corrected chi connectivity index (χ3v) is 6.58. The molecule has 1 aliphatic rings. The molecule has 30 heavy (non-hydrogen) atoms. The number of para-hydroxylation sites is 2. The van der Waals surface area contributed by atoms with Gasteiger partial charge in [-0.25, -0.2) is 0 Å². The van der Waals surface area contributed by atoms with Crippen LogP contribution in [0.25, 0.3) is 5.69 Å². The first-order chi connectivity index (χ1) is 14.7. The van der Waals surface area contributed by atoms with E-state index in [4.69, 9.17) is 0 Å². The number of benzene rings is 3. The lowest BCUT2D eigenvalue weighted by atomic mass is 10.2. The normalized spacial score (nSPS) is 12.3. The molecule has 0 saturated heterocycles. The van der Waals surface area contributed by atoms with Crippen LogP contribution in [0.2, 0.25) is 0 Å². The zero-order valence-corrected chi connectivity index (χ0v) is 17.2. The van der Waals surface area contributed by atoms with Crippen molar-refractivity contribution in [2.75, 3.05) is 10.7 Å². The quantitative estimate of drug-likeness (QED) is 0.481. The number of tetrazole rings is 1. The maximum atomic E-state index is 13.3. The summed E-state index contributed by atoms with van der Waals surface area (Å²) in [6, 6.07) is 22.3. The van der Waals surface area contributed by atoms with Crippen LogP contribution in [0.4, 0.5) is 11.4 Å². The van der Waals surface area contributed by atoms with Crippen LogP contribution in [0.15, 0.2) is 87.7 Å². The lowest BCUT2D eigenvalue weighted by Crippen LogP contribution is -2.30. The molecule has 0 saturated carbocycles. The molecule has 0 unspecified atom stereocenters. The number of hydrogen-bond donors (Lipinski definition) is 1. The molecule has 9 heteroatoms. The monoisotopic (exact) mass is 433 g/mol. The highest BCUT2D eigenvalue weighted by Gasteiger charge is 2.28. The summed E-state index contributed by atoms with van der Waals surface area (Å²) < 4.78 is 1.55. The standard InChI is InChI=1S/C21H15N5O2S2/c27-15-11-9-14(10-12-15)26-21(22-23-24-26)29-13-20(28)25-16-5-1-3-7-18(16)30-19-8-4-2-6-17(19)25/h1-12,27H,13H2. The van der Waals surface area contributed by atoms with Crippen LogP contribution >= 0.6 is 23.5 Å². The Balaban J connectivity index is 1.41. The number of phenols is 1. The van der Waals surface area contributed by atoms with Crippen molar-refractivity contribution < 1.29 is 9.90 Å². The van der Waals surface area contributed by atoms with Crippen LogP contribution in [-0.2, 0) is 4.79 Å². The molecule has 3 aromatic carbocycles. The van der Waals surface area contributed by atoms with E-state index in [1.165, 1.54) is 11.8 Å². The van der Waals surface area contributed by atoms with Gasteiger partial charge in [0, 0.05) is 9.79 Å². The summed E-state index contributed by atoms with van der Waals surface area (Å²) in [4.78, 5) is 17.2. The zero-order valence-electron chi connectivity index (χ0n) is 15.5. The van der Waals surface area contributed by atoms with Crippen LogP contribution in [0.5, 0.6) is 5.75 Å². The molecule has 5 rings (SSSR count). The van der Waals surface area contributed by atoms with Crippen LogP contribution in [0.3, 0.4) is 0 Å². The average molecular weight is 434 g/mol. The molecular weight excluding hydrogens is 418 g/mol. The number of thioether (sulfide) groups is 1. The highest BCUT2D eigenvalue weighted by molar-refractivity contribution is 8.00. The van der Waals surface area contributed by atoms with E-state index in [2.05, 4.69) is 15.5 Å². The second-order valence-corrected chi connectivity index (χ2v) is 8.47. The summed E-state index contributed by atoms with van der Waals surface area (Å²) >= 11 is 2.93. The van der Waals surface area contributed by atoms with E-state index < -0.39 is 0 Å². The Morgan fingerprint density at radius 3 is 2.23 bits per heavy atom. The highest BCUT2D eigenvalue weighted by atomic mass is 32.2. The Kier molecular flexibility index (Phi) is 4.89. The fourth-order valence-electron chi connectivity index (χ4n) is 3.19. The third kappa shape index (κ3) is 3.42. The van der Waals surface area contributed by atoms with Crippen molar-refractivity contribution in [1.82, 2.24) is 20.2 Å². The predicted octanol–water partition coefficient (Wildman–Crippen LogP) is 4.29. The molecule has 148 valence electrons. The van der Waals surface area contributed by atoms with E-state index in [1.807, 2.05) is 48.5 Å². The van der Waals surface area contributed by atoms with Gasteiger partial charge in [-0.2, -0.15) is 4.68 Å². The number of carbonyl (C=O) groups excluding carboxylic acids is 1. The molecule has 0 fully saturated rings. The van der Waals surface area contributed by atoms with Crippen molar-refractivity contribution in [3.63, 3.8) is 0 Å². The molecule has 7 nitrogen and oxygen atoms in total. The number of phenolic OH excluding ortho intramolecular Hbond substituents is 1. The van der Waals surface area contributed by atoms with E-state index in [-0.39, 0.29) is 17.4 Å². The van der Waals surface area contributed by atoms with Crippen molar-refractivity contribution in [2.24, 2.45) is 0 Å². The topological polar surface area (TPSA) is 84.1 Å². The van der Waals surface area contributed by atoms with Gasteiger partial charge in [-0.1, -0.05) is 47.8 Å². The predicted molar refractivity (Wildman–Crippen MR) is 116 cm³/mol. The van der Waals surface area contributed by atoms with Crippen LogP contribution in [0.1, 0.15) is 0 Å². The highest BCUT2D eigenvalue weighted by Crippen LogP contribution is 2.48. The van der Waals surface area contributed by atoms with Gasteiger partial charge in [0.25, 0.3) is 0 Å². The summed E-state index contributed by atoms with van der Waals surface area (Å²) in [6.45, 7) is 0. The Morgan fingerprint density at radius 1 is 0.933 bits per heavy atom. The Hall–Kier alpha value is -3.30. The first-order valence-corrected chi connectivity index (χ1v) is 10.9. The lowest BCUT2D eigenvalue weighted by Gasteiger charge is -2.30. The molecule has 0 radical (unpaired) electrons. The van der Waals surface area contributed by atoms with Crippen molar-refractivity contribution in [3.8, 4) is 11.4 Å². The molecule has 0 bridgehead atoms. The maximum absolute atomic E-state index is 13.3. The molecular formula is C21H15N5O2S2. The van der Waals surface area contributed by atoms with Crippen molar-refractivity contribution >= 4 is 40.8 Å². The number of nitrogens with zero attached hydrogens (tertiary/aromatic N) is 5. The van der Waals surface area contributed by atoms with Gasteiger partial charge in [0.05, 0.1) is 22.8 Å². The van der Waals surface area contributed by atoms with Crippen LogP contribution < -0.4 is 4.90 Å². The second kappa shape index (κ2) is 7.85. The molecule has 2 heterocycles. The zero-order chi connectivity index (χ0) is 20.5. The summed E-state index contributed by atoms with van der Waals surface area (Å²) in [5.74, 6) is 0.281. The van der Waals surface area contributed by atoms with Crippen molar-refractivity contribution in [2.45, 2.75) is 14.9 Å². The number of aromatic nitrogens is 4. The molecule has 0 aliphatic carbocycles. The fourth-order valence-corrected chi connectivity index (χ4v) is 4.99. The Bertz CT molecular complexity index is 1180. The van der Waals surface area contributed by atoms with E-state index in [0.29, 0.717) is 10.8 Å². The minimum atomic E-state index is -0.0551. The molecule has 1 aromatic heterocycles. The van der Waals surface area contributed by atoms with Gasteiger partial charge in [-0.15, -0.1) is 5.10 Å². The molecule has 1 N–H and O–H groups in total. The third-order valence-electron chi connectivity index (χ3n) is 4.54. The van der Waals surface area contributed by atoms with E-state index >= 15 is 0 Å². The Labute approximate surface area is 180 Å². The summed E-state index contributed by atoms with van der Waals surface area (Å²) in [6.07, 6.45) is 0. The van der Waals surface area contributed by atoms with E-state index in [1.54, 1.807) is 45.6 Å². The molecule has 4 aromatic rings. The first kappa shape index (κ1) is 18.7. The average Bonchev–Trinajstić information content (AvgIpc) is 3.25. The number of amides is 1. The Morgan fingerprint density at radius 2 is 1.57 bits per heavy atom. The van der Waals surface area contributed by atoms with Crippen LogP contribution in [0, 0.1) is 0 Å². The van der Waals surface area contributed by atoms with Gasteiger partial charge in [0.15, 0.2) is 0 Å². The minimum absolute atomic E-state index is 0.0551. The fraction of sp³-hybridized carbons (Fsp3) is 0.0476. The maximum Gasteiger partial charge on any atom is 0.242 e. The molecule has 0 spiro atoms. The first-order valence-electron chi connectivity index (χ1n) is 9.10. The van der Waals surface area contributed by atoms with Gasteiger partial charge in [0.2, 0.25) is 11.1 Å². The number of aromatic hydroxyl groups is 1. The summed E-state index contributed by atoms with van der Waals surface area (Å²) in [5.41, 5.74) is 2.47. The van der Waals surface area contributed by atoms with Gasteiger partial charge in [-0.3, -0.25) is 9.69 Å². The van der Waals surface area contributed by atoms with E-state index in [0.717, 1.165) is 21.2 Å². The van der Waals surface area contributed by atoms with Crippen molar-refractivity contribution in [1.29, 1.82) is 0 Å². The lowest BCUT2D eigenvalue weighted by molar-refractivity contribution is -0.115.